The van der Waals surface area contributed by atoms with Gasteiger partial charge in [0, 0.05) is 0 Å². The van der Waals surface area contributed by atoms with Crippen LogP contribution in [0.15, 0.2) is 42.5 Å². The molecule has 0 aliphatic heterocycles. The smallest absolute Gasteiger partial charge is 0.303 e. The number of fused-ring (bicyclic) bond motifs is 1. The Labute approximate surface area is 112 Å². The van der Waals surface area contributed by atoms with Crippen LogP contribution in [0.25, 0.3) is 10.8 Å². The maximum atomic E-state index is 10.6. The molecule has 0 saturated carbocycles. The predicted octanol–water partition coefficient (Wildman–Crippen LogP) is 3.44. The highest BCUT2D eigenvalue weighted by Gasteiger charge is 2.14. The normalized spacial score (nSPS) is 13.6. The maximum Gasteiger partial charge on any atom is 0.469 e. The molecule has 0 heterocycles. The van der Waals surface area contributed by atoms with Crippen LogP contribution in [-0.4, -0.2) is 16.4 Å². The fraction of sp³-hybridized carbons (Fsp3) is 0.286. The lowest BCUT2D eigenvalue weighted by Gasteiger charge is -2.13. The third-order valence-corrected chi connectivity index (χ3v) is 3.67. The average Bonchev–Trinajstić information content (AvgIpc) is 2.36. The minimum absolute atomic E-state index is 0.0538. The summed E-state index contributed by atoms with van der Waals surface area (Å²) in [6, 6.07) is 14.3. The highest BCUT2D eigenvalue weighted by atomic mass is 31.2. The number of phosphoric ester groups is 1. The van der Waals surface area contributed by atoms with Gasteiger partial charge in [-0.15, -0.1) is 0 Å². The van der Waals surface area contributed by atoms with E-state index in [0.717, 1.165) is 5.56 Å². The van der Waals surface area contributed by atoms with E-state index in [0.29, 0.717) is 6.42 Å². The van der Waals surface area contributed by atoms with Crippen LogP contribution in [-0.2, 0) is 9.09 Å². The van der Waals surface area contributed by atoms with E-state index in [-0.39, 0.29) is 12.5 Å². The largest absolute Gasteiger partial charge is 0.469 e. The molecule has 0 spiro atoms. The van der Waals surface area contributed by atoms with E-state index in [1.165, 1.54) is 10.8 Å². The van der Waals surface area contributed by atoms with Gasteiger partial charge in [-0.2, -0.15) is 0 Å². The van der Waals surface area contributed by atoms with Crippen molar-refractivity contribution in [2.45, 2.75) is 19.3 Å². The summed E-state index contributed by atoms with van der Waals surface area (Å²) < 4.78 is 15.1. The molecule has 0 amide bonds. The Hall–Kier alpha value is -1.19. The highest BCUT2D eigenvalue weighted by molar-refractivity contribution is 7.46. The van der Waals surface area contributed by atoms with Crippen molar-refractivity contribution in [2.75, 3.05) is 6.61 Å². The Kier molecular flexibility index (Phi) is 4.38. The van der Waals surface area contributed by atoms with E-state index in [1.807, 2.05) is 25.1 Å². The van der Waals surface area contributed by atoms with Crippen LogP contribution >= 0.6 is 7.82 Å². The molecule has 0 bridgehead atoms. The highest BCUT2D eigenvalue weighted by Crippen LogP contribution is 2.36. The van der Waals surface area contributed by atoms with Crippen molar-refractivity contribution in [3.05, 3.63) is 48.0 Å². The van der Waals surface area contributed by atoms with Crippen molar-refractivity contribution in [1.82, 2.24) is 0 Å². The zero-order chi connectivity index (χ0) is 13.9. The molecule has 2 N–H and O–H groups in total. The summed E-state index contributed by atoms with van der Waals surface area (Å²) >= 11 is 0. The zero-order valence-electron chi connectivity index (χ0n) is 10.7. The molecule has 0 aromatic heterocycles. The summed E-state index contributed by atoms with van der Waals surface area (Å²) in [5.41, 5.74) is 1.15. The summed E-state index contributed by atoms with van der Waals surface area (Å²) in [4.78, 5) is 17.3. The summed E-state index contributed by atoms with van der Waals surface area (Å²) in [5.74, 6) is 0.191. The van der Waals surface area contributed by atoms with Crippen LogP contribution in [0.1, 0.15) is 24.8 Å². The molecule has 0 aliphatic carbocycles. The van der Waals surface area contributed by atoms with E-state index in [2.05, 4.69) is 28.8 Å². The number of hydrogen-bond donors (Lipinski definition) is 2. The molecule has 19 heavy (non-hydrogen) atoms. The molecule has 1 atom stereocenters. The molecule has 0 fully saturated rings. The first-order valence-corrected chi connectivity index (χ1v) is 7.67. The van der Waals surface area contributed by atoms with E-state index in [4.69, 9.17) is 9.79 Å². The molecule has 2 aromatic carbocycles. The van der Waals surface area contributed by atoms with E-state index in [9.17, 15) is 4.57 Å². The Balaban J connectivity index is 2.05. The van der Waals surface area contributed by atoms with Crippen molar-refractivity contribution in [2.24, 2.45) is 0 Å². The van der Waals surface area contributed by atoms with Crippen molar-refractivity contribution in [3.63, 3.8) is 0 Å². The number of rotatable bonds is 5. The van der Waals surface area contributed by atoms with Crippen LogP contribution in [0.2, 0.25) is 0 Å². The summed E-state index contributed by atoms with van der Waals surface area (Å²) in [6.07, 6.45) is 0.573. The fourth-order valence-corrected chi connectivity index (χ4v) is 2.37. The van der Waals surface area contributed by atoms with Crippen LogP contribution in [0.5, 0.6) is 0 Å². The quantitative estimate of drug-likeness (QED) is 0.823. The second-order valence-electron chi connectivity index (χ2n) is 4.62. The van der Waals surface area contributed by atoms with Gasteiger partial charge in [-0.25, -0.2) is 4.57 Å². The van der Waals surface area contributed by atoms with Gasteiger partial charge < -0.3 is 9.79 Å². The molecule has 0 aliphatic rings. The molecule has 1 unspecified atom stereocenters. The zero-order valence-corrected chi connectivity index (χ0v) is 11.6. The first-order valence-electron chi connectivity index (χ1n) is 6.14. The Bertz CT molecular complexity index is 605. The van der Waals surface area contributed by atoms with Crippen molar-refractivity contribution in [1.29, 1.82) is 0 Å². The van der Waals surface area contributed by atoms with Gasteiger partial charge in [0.2, 0.25) is 0 Å². The second-order valence-corrected chi connectivity index (χ2v) is 5.86. The SMILES string of the molecule is CC(CCOP(=O)(O)O)c1ccc2ccccc2c1. The molecule has 5 heteroatoms. The maximum absolute atomic E-state index is 10.6. The summed E-state index contributed by atoms with van der Waals surface area (Å²) in [6.45, 7) is 2.07. The van der Waals surface area contributed by atoms with Gasteiger partial charge in [0.15, 0.2) is 0 Å². The Morgan fingerprint density at radius 1 is 1.16 bits per heavy atom. The lowest BCUT2D eigenvalue weighted by atomic mass is 9.95. The first-order chi connectivity index (χ1) is 8.96. The van der Waals surface area contributed by atoms with Gasteiger partial charge in [0.05, 0.1) is 6.61 Å². The number of benzene rings is 2. The summed E-state index contributed by atoms with van der Waals surface area (Å²) in [7, 11) is -4.35. The lowest BCUT2D eigenvalue weighted by molar-refractivity contribution is 0.192. The Morgan fingerprint density at radius 3 is 2.53 bits per heavy atom. The Morgan fingerprint density at radius 2 is 1.84 bits per heavy atom. The van der Waals surface area contributed by atoms with Gasteiger partial charge in [0.1, 0.15) is 0 Å². The minimum atomic E-state index is -4.35. The predicted molar refractivity (Wildman–Crippen MR) is 75.0 cm³/mol. The standard InChI is InChI=1S/C14H17O4P/c1-11(8-9-18-19(15,16)17)13-7-6-12-4-2-3-5-14(12)10-13/h2-7,10-11H,8-9H2,1H3,(H2,15,16,17). The molecule has 2 rings (SSSR count). The molecular formula is C14H17O4P. The second kappa shape index (κ2) is 5.85. The monoisotopic (exact) mass is 280 g/mol. The molecule has 0 radical (unpaired) electrons. The van der Waals surface area contributed by atoms with Crippen LogP contribution in [0, 0.1) is 0 Å². The van der Waals surface area contributed by atoms with Gasteiger partial charge in [-0.3, -0.25) is 4.52 Å². The fourth-order valence-electron chi connectivity index (χ4n) is 2.03. The van der Waals surface area contributed by atoms with Gasteiger partial charge in [0.25, 0.3) is 0 Å². The van der Waals surface area contributed by atoms with Crippen LogP contribution < -0.4 is 0 Å². The average molecular weight is 280 g/mol. The van der Waals surface area contributed by atoms with Crippen molar-refractivity contribution >= 4 is 18.6 Å². The van der Waals surface area contributed by atoms with Crippen LogP contribution in [0.4, 0.5) is 0 Å². The van der Waals surface area contributed by atoms with E-state index < -0.39 is 7.82 Å². The van der Waals surface area contributed by atoms with Crippen molar-refractivity contribution in [3.8, 4) is 0 Å². The minimum Gasteiger partial charge on any atom is -0.303 e. The molecule has 102 valence electrons. The van der Waals surface area contributed by atoms with Gasteiger partial charge in [-0.1, -0.05) is 49.4 Å². The van der Waals surface area contributed by atoms with Crippen molar-refractivity contribution < 1.29 is 18.9 Å². The van der Waals surface area contributed by atoms with Gasteiger partial charge in [-0.05, 0) is 28.7 Å². The van der Waals surface area contributed by atoms with E-state index >= 15 is 0 Å². The number of phosphoric acid groups is 1. The third-order valence-electron chi connectivity index (χ3n) is 3.15. The van der Waals surface area contributed by atoms with Gasteiger partial charge >= 0.3 is 7.82 Å². The lowest BCUT2D eigenvalue weighted by Crippen LogP contribution is -2.00. The number of hydrogen-bond acceptors (Lipinski definition) is 2. The first kappa shape index (κ1) is 14.2. The topological polar surface area (TPSA) is 66.8 Å². The summed E-state index contributed by atoms with van der Waals surface area (Å²) in [5, 5.41) is 2.35. The third kappa shape index (κ3) is 4.15. The molecular weight excluding hydrogens is 263 g/mol. The van der Waals surface area contributed by atoms with Crippen LogP contribution in [0.3, 0.4) is 0 Å². The molecule has 4 nitrogen and oxygen atoms in total. The molecule has 0 saturated heterocycles. The molecule has 2 aromatic rings. The van der Waals surface area contributed by atoms with E-state index in [1.54, 1.807) is 0 Å².